The molecule has 10 aromatic carbocycles. The van der Waals surface area contributed by atoms with Crippen LogP contribution in [0.15, 0.2) is 223 Å². The van der Waals surface area contributed by atoms with Crippen molar-refractivity contribution >= 4 is 71.6 Å². The molecule has 0 fully saturated rings. The van der Waals surface area contributed by atoms with Crippen LogP contribution in [0.25, 0.3) is 82.5 Å². The standard InChI is InChI=1S/C59H36N2O/c1-2-19-38(20-3-1)60-52-30-14-9-24-43(52)46-35-39(33-34-53(46)60)61(51-31-16-18-37-17-4-5-21-40(37)51)54-36-50-56(58-57(54)45-26-10-15-32-55(45)62-58)44-25-8-13-29-49(44)59(50)47-27-11-6-22-41(47)42-23-7-12-28-48(42)59/h1-36H. The number of nitrogens with zero attached hydrogens (tertiary/aromatic N) is 2. The molecule has 0 amide bonds. The lowest BCUT2D eigenvalue weighted by Gasteiger charge is -2.33. The molecule has 0 atom stereocenters. The SMILES string of the molecule is c1ccc(-n2c3ccccc3c3cc(N(c4cccc5ccccc45)c4cc5c(c6oc7ccccc7c46)-c4ccccc4C54c5ccccc5-c5ccccc54)ccc32)cc1. The Balaban J connectivity index is 1.16. The van der Waals surface area contributed by atoms with Gasteiger partial charge in [-0.15, -0.1) is 0 Å². The van der Waals surface area contributed by atoms with Crippen molar-refractivity contribution in [2.75, 3.05) is 4.90 Å². The molecule has 3 heteroatoms. The van der Waals surface area contributed by atoms with Crippen LogP contribution in [0.2, 0.25) is 0 Å². The van der Waals surface area contributed by atoms with E-state index in [4.69, 9.17) is 4.42 Å². The van der Waals surface area contributed by atoms with E-state index in [2.05, 4.69) is 228 Å². The van der Waals surface area contributed by atoms with Crippen LogP contribution in [0.4, 0.5) is 17.1 Å². The molecule has 2 aromatic heterocycles. The van der Waals surface area contributed by atoms with Gasteiger partial charge in [0.05, 0.1) is 33.2 Å². The topological polar surface area (TPSA) is 21.3 Å². The zero-order valence-corrected chi connectivity index (χ0v) is 33.6. The van der Waals surface area contributed by atoms with E-state index in [1.54, 1.807) is 0 Å². The molecule has 0 saturated heterocycles. The van der Waals surface area contributed by atoms with Gasteiger partial charge < -0.3 is 13.9 Å². The smallest absolute Gasteiger partial charge is 0.145 e. The molecule has 2 heterocycles. The lowest BCUT2D eigenvalue weighted by molar-refractivity contribution is 0.669. The van der Waals surface area contributed by atoms with Crippen LogP contribution >= 0.6 is 0 Å². The summed E-state index contributed by atoms with van der Waals surface area (Å²) < 4.78 is 9.62. The molecule has 0 bridgehead atoms. The molecule has 0 aliphatic heterocycles. The zero-order valence-electron chi connectivity index (χ0n) is 33.6. The number of aromatic nitrogens is 1. The first-order valence-corrected chi connectivity index (χ1v) is 21.4. The molecule has 288 valence electrons. The predicted molar refractivity (Wildman–Crippen MR) is 257 cm³/mol. The molecular formula is C59H36N2O. The summed E-state index contributed by atoms with van der Waals surface area (Å²) in [4.78, 5) is 2.52. The molecule has 12 aromatic rings. The first kappa shape index (κ1) is 33.7. The van der Waals surface area contributed by atoms with Gasteiger partial charge in [0.25, 0.3) is 0 Å². The number of rotatable bonds is 4. The van der Waals surface area contributed by atoms with Crippen LogP contribution < -0.4 is 4.90 Å². The molecule has 2 aliphatic rings. The highest BCUT2D eigenvalue weighted by atomic mass is 16.3. The summed E-state index contributed by atoms with van der Waals surface area (Å²) in [5.41, 5.74) is 18.1. The van der Waals surface area contributed by atoms with Crippen molar-refractivity contribution < 1.29 is 4.42 Å². The lowest BCUT2D eigenvalue weighted by atomic mass is 9.70. The molecule has 0 unspecified atom stereocenters. The fourth-order valence-electron chi connectivity index (χ4n) is 11.4. The Morgan fingerprint density at radius 1 is 0.403 bits per heavy atom. The third-order valence-corrected chi connectivity index (χ3v) is 13.8. The van der Waals surface area contributed by atoms with Crippen LogP contribution in [-0.2, 0) is 5.41 Å². The van der Waals surface area contributed by atoms with E-state index in [1.165, 1.54) is 77.1 Å². The minimum Gasteiger partial charge on any atom is -0.455 e. The van der Waals surface area contributed by atoms with Gasteiger partial charge in [0.15, 0.2) is 0 Å². The van der Waals surface area contributed by atoms with Gasteiger partial charge in [0, 0.05) is 38.5 Å². The number of hydrogen-bond acceptors (Lipinski definition) is 2. The zero-order chi connectivity index (χ0) is 40.5. The van der Waals surface area contributed by atoms with Gasteiger partial charge >= 0.3 is 0 Å². The van der Waals surface area contributed by atoms with E-state index in [9.17, 15) is 0 Å². The Bertz CT molecular complexity index is 3780. The number of para-hydroxylation sites is 3. The Morgan fingerprint density at radius 2 is 1.00 bits per heavy atom. The largest absolute Gasteiger partial charge is 0.455 e. The van der Waals surface area contributed by atoms with Crippen molar-refractivity contribution in [1.82, 2.24) is 4.57 Å². The first-order valence-electron chi connectivity index (χ1n) is 21.4. The number of furan rings is 1. The van der Waals surface area contributed by atoms with Gasteiger partial charge in [-0.2, -0.15) is 0 Å². The van der Waals surface area contributed by atoms with Crippen molar-refractivity contribution in [3.05, 3.63) is 241 Å². The molecule has 0 radical (unpaired) electrons. The van der Waals surface area contributed by atoms with Crippen LogP contribution in [-0.4, -0.2) is 4.57 Å². The van der Waals surface area contributed by atoms with Crippen molar-refractivity contribution in [3.8, 4) is 27.9 Å². The van der Waals surface area contributed by atoms with Crippen LogP contribution in [0, 0.1) is 0 Å². The average Bonchev–Trinajstić information content (AvgIpc) is 4.06. The Kier molecular flexibility index (Phi) is 6.76. The molecule has 2 aliphatic carbocycles. The summed E-state index contributed by atoms with van der Waals surface area (Å²) in [7, 11) is 0. The fraction of sp³-hybridized carbons (Fsp3) is 0.0169. The van der Waals surface area contributed by atoms with Crippen LogP contribution in [0.3, 0.4) is 0 Å². The number of benzene rings is 10. The maximum atomic E-state index is 7.23. The maximum absolute atomic E-state index is 7.23. The number of anilines is 3. The molecular weight excluding hydrogens is 753 g/mol. The molecule has 1 spiro atoms. The number of hydrogen-bond donors (Lipinski definition) is 0. The van der Waals surface area contributed by atoms with E-state index >= 15 is 0 Å². The fourth-order valence-corrected chi connectivity index (χ4v) is 11.4. The van der Waals surface area contributed by atoms with Gasteiger partial charge in [0.1, 0.15) is 11.2 Å². The summed E-state index contributed by atoms with van der Waals surface area (Å²) in [5.74, 6) is 0. The highest BCUT2D eigenvalue weighted by Gasteiger charge is 2.53. The minimum atomic E-state index is -0.557. The van der Waals surface area contributed by atoms with E-state index in [1.807, 2.05) is 0 Å². The minimum absolute atomic E-state index is 0.557. The maximum Gasteiger partial charge on any atom is 0.145 e. The van der Waals surface area contributed by atoms with E-state index in [-0.39, 0.29) is 0 Å². The highest BCUT2D eigenvalue weighted by molar-refractivity contribution is 6.21. The molecule has 3 nitrogen and oxygen atoms in total. The predicted octanol–water partition coefficient (Wildman–Crippen LogP) is 15.6. The highest BCUT2D eigenvalue weighted by Crippen LogP contribution is 2.65. The van der Waals surface area contributed by atoms with Gasteiger partial charge in [-0.25, -0.2) is 0 Å². The molecule has 0 saturated carbocycles. The average molecular weight is 789 g/mol. The van der Waals surface area contributed by atoms with E-state index in [0.29, 0.717) is 0 Å². The van der Waals surface area contributed by atoms with E-state index in [0.717, 1.165) is 44.7 Å². The molecule has 0 N–H and O–H groups in total. The normalized spacial score (nSPS) is 13.3. The molecule has 62 heavy (non-hydrogen) atoms. The molecule has 14 rings (SSSR count). The third-order valence-electron chi connectivity index (χ3n) is 13.8. The van der Waals surface area contributed by atoms with Crippen molar-refractivity contribution in [2.45, 2.75) is 5.41 Å². The van der Waals surface area contributed by atoms with E-state index < -0.39 is 5.41 Å². The first-order chi connectivity index (χ1) is 30.8. The van der Waals surface area contributed by atoms with Crippen LogP contribution in [0.5, 0.6) is 0 Å². The van der Waals surface area contributed by atoms with Crippen molar-refractivity contribution in [2.24, 2.45) is 0 Å². The van der Waals surface area contributed by atoms with Gasteiger partial charge in [-0.3, -0.25) is 0 Å². The Morgan fingerprint density at radius 3 is 1.79 bits per heavy atom. The van der Waals surface area contributed by atoms with Gasteiger partial charge in [0.2, 0.25) is 0 Å². The Hall–Kier alpha value is -8.14. The second kappa shape index (κ2) is 12.4. The summed E-state index contributed by atoms with van der Waals surface area (Å²) in [6.07, 6.45) is 0. The second-order valence-electron chi connectivity index (χ2n) is 16.7. The number of fused-ring (bicyclic) bond motifs is 18. The van der Waals surface area contributed by atoms with Gasteiger partial charge in [-0.1, -0.05) is 164 Å². The summed E-state index contributed by atoms with van der Waals surface area (Å²) in [5, 5.41) is 6.98. The van der Waals surface area contributed by atoms with Crippen molar-refractivity contribution in [3.63, 3.8) is 0 Å². The summed E-state index contributed by atoms with van der Waals surface area (Å²) in [6, 6.07) is 80.2. The van der Waals surface area contributed by atoms with Crippen molar-refractivity contribution in [1.29, 1.82) is 0 Å². The summed E-state index contributed by atoms with van der Waals surface area (Å²) >= 11 is 0. The van der Waals surface area contributed by atoms with Crippen LogP contribution in [0.1, 0.15) is 22.3 Å². The summed E-state index contributed by atoms with van der Waals surface area (Å²) in [6.45, 7) is 0. The monoisotopic (exact) mass is 788 g/mol. The Labute approximate surface area is 358 Å². The quantitative estimate of drug-likeness (QED) is 0.177. The lowest BCUT2D eigenvalue weighted by Crippen LogP contribution is -2.26. The third kappa shape index (κ3) is 4.29. The second-order valence-corrected chi connectivity index (χ2v) is 16.7. The van der Waals surface area contributed by atoms with Gasteiger partial charge in [-0.05, 0) is 98.9 Å².